The standard InChI is InChI=1S/C37H60O5.C30H48O4/c1-10-31(39)41-23-34(6)26(16-22-42-40-9)13-17-33(5)29(34)15-18-36(8)30(33)12-11-28-32-27(24(2)3)14-19-37(32,25(4)38)21-20-35(28,36)7;1-18(2)19-9-14-30(25(33)34)16-15-28(5)20(24(19)30)7-8-22-26(3)12-11-23(32)27(4,17-31)21(26)10-13-29(22,28)6/h26-30,32,38H,2,4,10-23H2,1,3,5-9H3;19-24,31-32H,1,7-17H2,2-6H3,(H,33,34)/t26-,27+,28?,29-,30-,32-,33+,34-,35-,36-,37-;19-,20?,21+,22+,23-,24+,26-,27-,28+,29+,30-/m10/s1. The second-order valence-corrected chi connectivity index (χ2v) is 30.7. The molecule has 10 fully saturated rings. The van der Waals surface area contributed by atoms with E-state index in [9.17, 15) is 30.0 Å². The lowest BCUT2D eigenvalue weighted by molar-refractivity contribution is -0.280. The Bertz CT molecular complexity index is 2260. The highest BCUT2D eigenvalue weighted by Gasteiger charge is 2.74. The second-order valence-electron chi connectivity index (χ2n) is 30.7. The predicted molar refractivity (Wildman–Crippen MR) is 301 cm³/mol. The average Bonchev–Trinajstić information content (AvgIpc) is 4.14. The van der Waals surface area contributed by atoms with Gasteiger partial charge in [-0.25, -0.2) is 9.78 Å². The van der Waals surface area contributed by atoms with Crippen molar-refractivity contribution in [2.75, 3.05) is 26.9 Å². The molecule has 10 saturated carbocycles. The number of hydrogen-bond acceptors (Lipinski definition) is 8. The lowest BCUT2D eigenvalue weighted by atomic mass is 9.31. The van der Waals surface area contributed by atoms with Crippen molar-refractivity contribution in [1.82, 2.24) is 0 Å². The van der Waals surface area contributed by atoms with Crippen LogP contribution in [0.25, 0.3) is 0 Å². The summed E-state index contributed by atoms with van der Waals surface area (Å²) < 4.78 is 5.99. The van der Waals surface area contributed by atoms with E-state index < -0.39 is 22.9 Å². The van der Waals surface area contributed by atoms with E-state index in [4.69, 9.17) is 14.5 Å². The quantitative estimate of drug-likeness (QED) is 0.0375. The Labute approximate surface area is 460 Å². The molecule has 0 bridgehead atoms. The first kappa shape index (κ1) is 58.5. The molecule has 10 rings (SSSR count). The number of ether oxygens (including phenoxy) is 1. The first-order valence-corrected chi connectivity index (χ1v) is 31.1. The zero-order valence-electron chi connectivity index (χ0n) is 50.1. The number of aliphatic hydroxyl groups is 3. The molecule has 2 unspecified atom stereocenters. The minimum absolute atomic E-state index is 0.0568. The van der Waals surface area contributed by atoms with Gasteiger partial charge in [-0.2, -0.15) is 0 Å². The lowest BCUT2D eigenvalue weighted by Crippen LogP contribution is -2.67. The van der Waals surface area contributed by atoms with Gasteiger partial charge in [0.15, 0.2) is 0 Å². The van der Waals surface area contributed by atoms with Crippen LogP contribution < -0.4 is 0 Å². The molecule has 0 heterocycles. The van der Waals surface area contributed by atoms with Crippen molar-refractivity contribution in [2.24, 2.45) is 119 Å². The third kappa shape index (κ3) is 8.02. The number of carboxylic acid groups (broad SMARTS) is 1. The monoisotopic (exact) mass is 1060 g/mol. The molecule has 9 heteroatoms. The van der Waals surface area contributed by atoms with Crippen LogP contribution in [0, 0.1) is 119 Å². The van der Waals surface area contributed by atoms with Gasteiger partial charge < -0.3 is 25.2 Å². The van der Waals surface area contributed by atoms with Crippen molar-refractivity contribution >= 4 is 11.9 Å². The molecule has 10 aliphatic carbocycles. The van der Waals surface area contributed by atoms with Crippen LogP contribution in [0.4, 0.5) is 0 Å². The van der Waals surface area contributed by atoms with E-state index >= 15 is 0 Å². The number of esters is 1. The summed E-state index contributed by atoms with van der Waals surface area (Å²) in [7, 11) is 1.58. The summed E-state index contributed by atoms with van der Waals surface area (Å²) in [6, 6.07) is 0. The van der Waals surface area contributed by atoms with Crippen LogP contribution in [0.1, 0.15) is 217 Å². The molecule has 76 heavy (non-hydrogen) atoms. The number of fused-ring (bicyclic) bond motifs is 14. The number of aliphatic hydroxyl groups excluding tert-OH is 3. The molecule has 0 aromatic rings. The van der Waals surface area contributed by atoms with Crippen molar-refractivity contribution in [3.63, 3.8) is 0 Å². The molecule has 10 aliphatic rings. The number of rotatable bonds is 12. The summed E-state index contributed by atoms with van der Waals surface area (Å²) in [5, 5.41) is 42.9. The third-order valence-electron chi connectivity index (χ3n) is 28.8. The number of carbonyl (C=O) groups excluding carboxylic acids is 1. The summed E-state index contributed by atoms with van der Waals surface area (Å²) in [6.07, 6.45) is 22.4. The normalized spacial score (nSPS) is 51.8. The number of carbonyl (C=O) groups is 2. The van der Waals surface area contributed by atoms with Crippen molar-refractivity contribution < 1.29 is 44.5 Å². The molecule has 430 valence electrons. The van der Waals surface area contributed by atoms with Crippen molar-refractivity contribution in [1.29, 1.82) is 0 Å². The van der Waals surface area contributed by atoms with Gasteiger partial charge in [-0.15, -0.1) is 0 Å². The van der Waals surface area contributed by atoms with Crippen LogP contribution in [-0.2, 0) is 24.1 Å². The van der Waals surface area contributed by atoms with Gasteiger partial charge in [-0.3, -0.25) is 9.59 Å². The van der Waals surface area contributed by atoms with Gasteiger partial charge in [-0.1, -0.05) is 93.2 Å². The second kappa shape index (κ2) is 20.1. The van der Waals surface area contributed by atoms with E-state index in [0.717, 1.165) is 96.3 Å². The van der Waals surface area contributed by atoms with Crippen LogP contribution in [0.3, 0.4) is 0 Å². The van der Waals surface area contributed by atoms with Crippen molar-refractivity contribution in [3.05, 3.63) is 36.6 Å². The Hall–Kier alpha value is -2.20. The Morgan fingerprint density at radius 2 is 1.05 bits per heavy atom. The van der Waals surface area contributed by atoms with E-state index in [2.05, 4.69) is 89.0 Å². The summed E-state index contributed by atoms with van der Waals surface area (Å²) >= 11 is 0. The molecular formula is C67H108O9. The predicted octanol–water partition coefficient (Wildman–Crippen LogP) is 15.3. The van der Waals surface area contributed by atoms with Gasteiger partial charge >= 0.3 is 11.9 Å². The van der Waals surface area contributed by atoms with E-state index in [1.54, 1.807) is 7.11 Å². The molecule has 0 saturated heterocycles. The smallest absolute Gasteiger partial charge is 0.309 e. The number of carboxylic acids is 1. The van der Waals surface area contributed by atoms with Gasteiger partial charge in [0, 0.05) is 22.7 Å². The van der Waals surface area contributed by atoms with Crippen molar-refractivity contribution in [2.45, 2.75) is 224 Å². The Morgan fingerprint density at radius 1 is 0.566 bits per heavy atom. The SMILES string of the molecule is C=C(C)[C@@H]1CC[C@]2(C(=C)O)CC[C@]3(C)C(CC[C@@H]4[C@@]5(C)CC[C@H](CCOOC)[C@@](C)(COC(=O)CC)[C@@H]5CC[C@]43C)[C@@H]12.C=C(C)[C@@H]1CC[C@]2(C(=O)O)CC[C@]3(C)C(CC[C@@H]4[C@@]5(C)CC[C@H](O)[C@@](C)(CO)[C@@H]5CC[C@]43C)[C@@H]12. The molecule has 0 aromatic carbocycles. The first-order chi connectivity index (χ1) is 35.6. The third-order valence-corrected chi connectivity index (χ3v) is 28.8. The molecule has 4 N–H and O–H groups in total. The Balaban J connectivity index is 0.000000190. The van der Waals surface area contributed by atoms with Crippen LogP contribution in [-0.4, -0.2) is 65.4 Å². The van der Waals surface area contributed by atoms with Crippen LogP contribution in [0.2, 0.25) is 0 Å². The van der Waals surface area contributed by atoms with E-state index in [0.29, 0.717) is 84.6 Å². The van der Waals surface area contributed by atoms with Gasteiger partial charge in [0.2, 0.25) is 0 Å². The molecule has 0 spiro atoms. The fourth-order valence-corrected chi connectivity index (χ4v) is 24.4. The first-order valence-electron chi connectivity index (χ1n) is 31.1. The van der Waals surface area contributed by atoms with Gasteiger partial charge in [-0.05, 0) is 246 Å². The van der Waals surface area contributed by atoms with Gasteiger partial charge in [0.1, 0.15) is 0 Å². The molecule has 9 nitrogen and oxygen atoms in total. The maximum absolute atomic E-state index is 12.8. The van der Waals surface area contributed by atoms with E-state index in [1.807, 2.05) is 6.92 Å². The molecule has 0 amide bonds. The zero-order chi connectivity index (χ0) is 55.6. The molecular weight excluding hydrogens is 949 g/mol. The van der Waals surface area contributed by atoms with E-state index in [1.165, 1.54) is 49.7 Å². The van der Waals surface area contributed by atoms with Gasteiger partial charge in [0.05, 0.1) is 44.2 Å². The minimum atomic E-state index is -0.567. The zero-order valence-corrected chi connectivity index (χ0v) is 50.1. The number of hydrogen-bond donors (Lipinski definition) is 4. The summed E-state index contributed by atoms with van der Waals surface area (Å²) in [4.78, 5) is 35.5. The lowest BCUT2D eigenvalue weighted by Gasteiger charge is -2.73. The Morgan fingerprint density at radius 3 is 1.53 bits per heavy atom. The van der Waals surface area contributed by atoms with Crippen LogP contribution >= 0.6 is 0 Å². The Kier molecular flexibility index (Phi) is 15.4. The highest BCUT2D eigenvalue weighted by atomic mass is 17.2. The molecule has 0 aromatic heterocycles. The average molecular weight is 1060 g/mol. The fraction of sp³-hybridized carbons (Fsp3) is 0.881. The van der Waals surface area contributed by atoms with Crippen molar-refractivity contribution in [3.8, 4) is 0 Å². The maximum Gasteiger partial charge on any atom is 0.309 e. The van der Waals surface area contributed by atoms with Crippen LogP contribution in [0.15, 0.2) is 36.6 Å². The van der Waals surface area contributed by atoms with E-state index in [-0.39, 0.29) is 61.8 Å². The molecule has 0 aliphatic heterocycles. The summed E-state index contributed by atoms with van der Waals surface area (Å²) in [6.45, 7) is 40.3. The highest BCUT2D eigenvalue weighted by molar-refractivity contribution is 5.76. The minimum Gasteiger partial charge on any atom is -0.512 e. The topological polar surface area (TPSA) is 143 Å². The fourth-order valence-electron chi connectivity index (χ4n) is 24.4. The summed E-state index contributed by atoms with van der Waals surface area (Å²) in [5.41, 5.74) is 2.32. The van der Waals surface area contributed by atoms with Crippen LogP contribution in [0.5, 0.6) is 0 Å². The number of allylic oxidation sites excluding steroid dienone is 3. The number of aliphatic carboxylic acids is 1. The highest BCUT2D eigenvalue weighted by Crippen LogP contribution is 2.80. The maximum atomic E-state index is 12.8. The summed E-state index contributed by atoms with van der Waals surface area (Å²) in [5.74, 6) is 4.73. The largest absolute Gasteiger partial charge is 0.512 e. The van der Waals surface area contributed by atoms with Gasteiger partial charge in [0.25, 0.3) is 0 Å². The molecule has 0 radical (unpaired) electrons. The molecule has 22 atom stereocenters.